The van der Waals surface area contributed by atoms with Crippen molar-refractivity contribution in [3.63, 3.8) is 0 Å². The molecule has 104 valence electrons. The van der Waals surface area contributed by atoms with E-state index in [1.807, 2.05) is 30.0 Å². The summed E-state index contributed by atoms with van der Waals surface area (Å²) in [6.45, 7) is 0. The number of fused-ring (bicyclic) bond motifs is 1. The summed E-state index contributed by atoms with van der Waals surface area (Å²) in [5.74, 6) is 1.97. The first-order valence-electron chi connectivity index (χ1n) is 6.30. The molecular weight excluding hydrogens is 354 g/mol. The van der Waals surface area contributed by atoms with Crippen molar-refractivity contribution in [1.82, 2.24) is 0 Å². The molecule has 2 nitrogen and oxygen atoms in total. The van der Waals surface area contributed by atoms with E-state index in [2.05, 4.69) is 34.1 Å². The minimum Gasteiger partial charge on any atom is -0.398 e. The number of anilines is 1. The van der Waals surface area contributed by atoms with Gasteiger partial charge in [-0.1, -0.05) is 34.1 Å². The van der Waals surface area contributed by atoms with Gasteiger partial charge in [-0.3, -0.25) is 4.21 Å². The lowest BCUT2D eigenvalue weighted by atomic mass is 10.0. The molecule has 2 unspecified atom stereocenters. The summed E-state index contributed by atoms with van der Waals surface area (Å²) in [7, 11) is -1.07. The number of thioether (sulfide) groups is 1. The first-order chi connectivity index (χ1) is 9.65. The second-order valence-electron chi connectivity index (χ2n) is 4.74. The summed E-state index contributed by atoms with van der Waals surface area (Å²) < 4.78 is 13.5. The molecule has 0 amide bonds. The minimum absolute atomic E-state index is 0.343. The monoisotopic (exact) mass is 367 g/mol. The standard InChI is InChI=1S/C15H14BrNOS2/c16-11-5-6-13(17)15(7-11)20(18)9-10-8-19-14-4-2-1-3-12(10)14/h1-7,10H,8-9,17H2. The van der Waals surface area contributed by atoms with Crippen LogP contribution in [0.5, 0.6) is 0 Å². The molecule has 2 aromatic rings. The topological polar surface area (TPSA) is 43.1 Å². The molecule has 20 heavy (non-hydrogen) atoms. The molecule has 0 saturated carbocycles. The Balaban J connectivity index is 1.82. The average Bonchev–Trinajstić information content (AvgIpc) is 2.85. The zero-order valence-electron chi connectivity index (χ0n) is 10.7. The van der Waals surface area contributed by atoms with Crippen LogP contribution >= 0.6 is 27.7 Å². The van der Waals surface area contributed by atoms with E-state index in [1.165, 1.54) is 10.5 Å². The molecule has 0 saturated heterocycles. The Labute approximate surface area is 133 Å². The quantitative estimate of drug-likeness (QED) is 0.832. The van der Waals surface area contributed by atoms with Crippen LogP contribution in [-0.2, 0) is 10.8 Å². The Morgan fingerprint density at radius 1 is 1.30 bits per heavy atom. The Morgan fingerprint density at radius 2 is 2.10 bits per heavy atom. The Hall–Kier alpha value is -0.780. The third kappa shape index (κ3) is 2.80. The number of benzene rings is 2. The van der Waals surface area contributed by atoms with Gasteiger partial charge in [-0.25, -0.2) is 0 Å². The summed E-state index contributed by atoms with van der Waals surface area (Å²) in [6.07, 6.45) is 0. The van der Waals surface area contributed by atoms with Gasteiger partial charge in [-0.05, 0) is 29.8 Å². The van der Waals surface area contributed by atoms with Crippen LogP contribution in [0.3, 0.4) is 0 Å². The maximum absolute atomic E-state index is 12.6. The molecule has 1 heterocycles. The molecule has 0 aliphatic carbocycles. The molecule has 2 N–H and O–H groups in total. The lowest BCUT2D eigenvalue weighted by Gasteiger charge is -2.12. The van der Waals surface area contributed by atoms with Gasteiger partial charge in [0, 0.05) is 32.5 Å². The number of nitrogens with two attached hydrogens (primary N) is 1. The molecular formula is C15H14BrNOS2. The predicted molar refractivity (Wildman–Crippen MR) is 89.7 cm³/mol. The second kappa shape index (κ2) is 5.92. The predicted octanol–water partition coefficient (Wildman–Crippen LogP) is 4.03. The van der Waals surface area contributed by atoms with Crippen molar-refractivity contribution >= 4 is 44.2 Å². The average molecular weight is 368 g/mol. The molecule has 0 spiro atoms. The first kappa shape index (κ1) is 14.2. The van der Waals surface area contributed by atoms with Gasteiger partial charge in [0.25, 0.3) is 0 Å². The van der Waals surface area contributed by atoms with E-state index in [9.17, 15) is 4.21 Å². The molecule has 1 aliphatic heterocycles. The van der Waals surface area contributed by atoms with Crippen LogP contribution < -0.4 is 5.73 Å². The molecule has 0 aromatic heterocycles. The largest absolute Gasteiger partial charge is 0.398 e. The lowest BCUT2D eigenvalue weighted by Crippen LogP contribution is -2.10. The molecule has 0 radical (unpaired) electrons. The van der Waals surface area contributed by atoms with Gasteiger partial charge in [0.05, 0.1) is 15.7 Å². The fourth-order valence-electron chi connectivity index (χ4n) is 2.35. The van der Waals surface area contributed by atoms with Crippen molar-refractivity contribution in [3.8, 4) is 0 Å². The van der Waals surface area contributed by atoms with Crippen LogP contribution in [0.25, 0.3) is 0 Å². The maximum atomic E-state index is 12.6. The van der Waals surface area contributed by atoms with Gasteiger partial charge in [-0.15, -0.1) is 11.8 Å². The van der Waals surface area contributed by atoms with E-state index < -0.39 is 10.8 Å². The van der Waals surface area contributed by atoms with E-state index in [-0.39, 0.29) is 0 Å². The number of halogens is 1. The number of rotatable bonds is 3. The summed E-state index contributed by atoms with van der Waals surface area (Å²) >= 11 is 5.25. The summed E-state index contributed by atoms with van der Waals surface area (Å²) in [4.78, 5) is 2.05. The highest BCUT2D eigenvalue weighted by Crippen LogP contribution is 2.40. The van der Waals surface area contributed by atoms with E-state index in [4.69, 9.17) is 5.73 Å². The van der Waals surface area contributed by atoms with Gasteiger partial charge >= 0.3 is 0 Å². The fraction of sp³-hybridized carbons (Fsp3) is 0.200. The van der Waals surface area contributed by atoms with Gasteiger partial charge in [0.15, 0.2) is 0 Å². The van der Waals surface area contributed by atoms with Gasteiger partial charge in [-0.2, -0.15) is 0 Å². The zero-order valence-corrected chi connectivity index (χ0v) is 13.9. The van der Waals surface area contributed by atoms with Crippen molar-refractivity contribution in [2.24, 2.45) is 0 Å². The van der Waals surface area contributed by atoms with E-state index in [1.54, 1.807) is 6.07 Å². The summed E-state index contributed by atoms with van der Waals surface area (Å²) in [5.41, 5.74) is 7.86. The van der Waals surface area contributed by atoms with Crippen LogP contribution in [0.1, 0.15) is 11.5 Å². The molecule has 5 heteroatoms. The van der Waals surface area contributed by atoms with Crippen molar-refractivity contribution in [2.45, 2.75) is 15.7 Å². The van der Waals surface area contributed by atoms with Crippen LogP contribution in [-0.4, -0.2) is 15.7 Å². The van der Waals surface area contributed by atoms with E-state index in [0.29, 0.717) is 17.4 Å². The van der Waals surface area contributed by atoms with E-state index in [0.717, 1.165) is 15.1 Å². The molecule has 2 atom stereocenters. The normalized spacial score (nSPS) is 18.8. The van der Waals surface area contributed by atoms with Crippen molar-refractivity contribution in [2.75, 3.05) is 17.2 Å². The molecule has 2 aromatic carbocycles. The van der Waals surface area contributed by atoms with Crippen LogP contribution in [0.15, 0.2) is 56.7 Å². The highest BCUT2D eigenvalue weighted by molar-refractivity contribution is 9.10. The number of hydrogen-bond donors (Lipinski definition) is 1. The highest BCUT2D eigenvalue weighted by Gasteiger charge is 2.25. The van der Waals surface area contributed by atoms with Gasteiger partial charge < -0.3 is 5.73 Å². The Morgan fingerprint density at radius 3 is 2.95 bits per heavy atom. The lowest BCUT2D eigenvalue weighted by molar-refractivity contribution is 0.678. The van der Waals surface area contributed by atoms with Crippen LogP contribution in [0.2, 0.25) is 0 Å². The zero-order chi connectivity index (χ0) is 14.1. The van der Waals surface area contributed by atoms with E-state index >= 15 is 0 Å². The smallest absolute Gasteiger partial charge is 0.0628 e. The Kier molecular flexibility index (Phi) is 4.19. The SMILES string of the molecule is Nc1ccc(Br)cc1S(=O)CC1CSc2ccccc21. The molecule has 1 aliphatic rings. The number of hydrogen-bond acceptors (Lipinski definition) is 3. The van der Waals surface area contributed by atoms with Crippen molar-refractivity contribution in [3.05, 3.63) is 52.5 Å². The third-order valence-corrected chi connectivity index (χ3v) is 6.67. The fourth-order valence-corrected chi connectivity index (χ4v) is 5.69. The molecule has 0 fully saturated rings. The first-order valence-corrected chi connectivity index (χ1v) is 9.40. The third-order valence-electron chi connectivity index (χ3n) is 3.37. The number of nitrogen functional groups attached to an aromatic ring is 1. The van der Waals surface area contributed by atoms with Crippen LogP contribution in [0, 0.1) is 0 Å². The summed E-state index contributed by atoms with van der Waals surface area (Å²) in [5, 5.41) is 0. The second-order valence-corrected chi connectivity index (χ2v) is 8.18. The molecule has 0 bridgehead atoms. The molecule has 3 rings (SSSR count). The van der Waals surface area contributed by atoms with Crippen LogP contribution in [0.4, 0.5) is 5.69 Å². The highest BCUT2D eigenvalue weighted by atomic mass is 79.9. The van der Waals surface area contributed by atoms with Gasteiger partial charge in [0.2, 0.25) is 0 Å². The minimum atomic E-state index is -1.07. The van der Waals surface area contributed by atoms with Gasteiger partial charge in [0.1, 0.15) is 0 Å². The maximum Gasteiger partial charge on any atom is 0.0628 e. The summed E-state index contributed by atoms with van der Waals surface area (Å²) in [6, 6.07) is 13.9. The van der Waals surface area contributed by atoms with Crippen molar-refractivity contribution in [1.29, 1.82) is 0 Å². The van der Waals surface area contributed by atoms with Crippen molar-refractivity contribution < 1.29 is 4.21 Å². The Bertz CT molecular complexity index is 675.